The highest BCUT2D eigenvalue weighted by atomic mass is 16.5. The summed E-state index contributed by atoms with van der Waals surface area (Å²) in [4.78, 5) is 12.2. The predicted octanol–water partition coefficient (Wildman–Crippen LogP) is 2.57. The summed E-state index contributed by atoms with van der Waals surface area (Å²) in [5.41, 5.74) is 1.65. The van der Waals surface area contributed by atoms with Gasteiger partial charge in [-0.1, -0.05) is 19.9 Å². The lowest BCUT2D eigenvalue weighted by Gasteiger charge is -2.08. The van der Waals surface area contributed by atoms with Crippen LogP contribution in [0.4, 0.5) is 0 Å². The first-order chi connectivity index (χ1) is 9.04. The second kappa shape index (κ2) is 5.34. The molecule has 0 spiro atoms. The minimum Gasteiger partial charge on any atom is -0.496 e. The van der Waals surface area contributed by atoms with E-state index in [9.17, 15) is 4.79 Å². The van der Waals surface area contributed by atoms with Crippen LogP contribution in [0.3, 0.4) is 0 Å². The van der Waals surface area contributed by atoms with Gasteiger partial charge in [-0.2, -0.15) is 0 Å². The minimum atomic E-state index is -0.0468. The lowest BCUT2D eigenvalue weighted by Crippen LogP contribution is -2.28. The Morgan fingerprint density at radius 3 is 2.79 bits per heavy atom. The van der Waals surface area contributed by atoms with E-state index < -0.39 is 0 Å². The number of hydrogen-bond acceptors (Lipinski definition) is 2. The van der Waals surface area contributed by atoms with Crippen molar-refractivity contribution < 1.29 is 9.53 Å². The zero-order valence-electron chi connectivity index (χ0n) is 11.9. The van der Waals surface area contributed by atoms with E-state index in [0.29, 0.717) is 18.2 Å². The molecule has 1 aromatic carbocycles. The fraction of sp³-hybridized carbons (Fsp3) is 0.400. The van der Waals surface area contributed by atoms with E-state index in [4.69, 9.17) is 4.74 Å². The van der Waals surface area contributed by atoms with Crippen molar-refractivity contribution in [2.24, 2.45) is 13.0 Å². The van der Waals surface area contributed by atoms with Crippen LogP contribution in [0.5, 0.6) is 5.75 Å². The summed E-state index contributed by atoms with van der Waals surface area (Å²) in [5.74, 6) is 1.18. The number of aryl methyl sites for hydroxylation is 1. The van der Waals surface area contributed by atoms with Gasteiger partial charge in [-0.25, -0.2) is 0 Å². The van der Waals surface area contributed by atoms with Gasteiger partial charge in [0.15, 0.2) is 0 Å². The molecule has 102 valence electrons. The van der Waals surface area contributed by atoms with Crippen molar-refractivity contribution in [2.45, 2.75) is 13.8 Å². The Kier molecular flexibility index (Phi) is 3.79. The first kappa shape index (κ1) is 13.5. The summed E-state index contributed by atoms with van der Waals surface area (Å²) in [6.07, 6.45) is 0. The standard InChI is InChI=1S/C15H20N2O2/c1-10(2)9-16-15(18)13-8-11-12(17(13)3)6-5-7-14(11)19-4/h5-8,10H,9H2,1-4H3,(H,16,18). The van der Waals surface area contributed by atoms with Crippen molar-refractivity contribution in [3.63, 3.8) is 0 Å². The van der Waals surface area contributed by atoms with E-state index in [-0.39, 0.29) is 5.91 Å². The van der Waals surface area contributed by atoms with Crippen molar-refractivity contribution in [1.29, 1.82) is 0 Å². The van der Waals surface area contributed by atoms with Crippen LogP contribution in [0.2, 0.25) is 0 Å². The molecular formula is C15H20N2O2. The van der Waals surface area contributed by atoms with Crippen LogP contribution in [-0.4, -0.2) is 24.1 Å². The normalized spacial score (nSPS) is 11.0. The molecule has 0 unspecified atom stereocenters. The van der Waals surface area contributed by atoms with Crippen LogP contribution in [0.1, 0.15) is 24.3 Å². The maximum atomic E-state index is 12.2. The number of carbonyl (C=O) groups excluding carboxylic acids is 1. The number of nitrogens with zero attached hydrogens (tertiary/aromatic N) is 1. The fourth-order valence-electron chi connectivity index (χ4n) is 2.12. The summed E-state index contributed by atoms with van der Waals surface area (Å²) >= 11 is 0. The molecule has 1 N–H and O–H groups in total. The highest BCUT2D eigenvalue weighted by molar-refractivity contribution is 6.00. The average Bonchev–Trinajstić information content (AvgIpc) is 2.73. The van der Waals surface area contributed by atoms with Crippen molar-refractivity contribution in [3.05, 3.63) is 30.0 Å². The van der Waals surface area contributed by atoms with Gasteiger partial charge >= 0.3 is 0 Å². The second-order valence-corrected chi connectivity index (χ2v) is 5.09. The Morgan fingerprint density at radius 1 is 1.42 bits per heavy atom. The molecule has 0 fully saturated rings. The average molecular weight is 260 g/mol. The Hall–Kier alpha value is -1.97. The van der Waals surface area contributed by atoms with E-state index in [1.54, 1.807) is 7.11 Å². The molecular weight excluding hydrogens is 240 g/mol. The Bertz CT molecular complexity index is 599. The van der Waals surface area contributed by atoms with Crippen LogP contribution in [0, 0.1) is 5.92 Å². The molecule has 1 amide bonds. The number of nitrogens with one attached hydrogen (secondary N) is 1. The minimum absolute atomic E-state index is 0.0468. The molecule has 0 saturated carbocycles. The van der Waals surface area contributed by atoms with Crippen molar-refractivity contribution in [2.75, 3.05) is 13.7 Å². The smallest absolute Gasteiger partial charge is 0.267 e. The second-order valence-electron chi connectivity index (χ2n) is 5.09. The third kappa shape index (κ3) is 2.57. The molecule has 4 heteroatoms. The molecule has 0 aliphatic carbocycles. The number of aromatic nitrogens is 1. The van der Waals surface area contributed by atoms with Crippen molar-refractivity contribution in [3.8, 4) is 5.75 Å². The molecule has 0 bridgehead atoms. The van der Waals surface area contributed by atoms with E-state index in [2.05, 4.69) is 19.2 Å². The molecule has 2 rings (SSSR count). The first-order valence-corrected chi connectivity index (χ1v) is 6.45. The van der Waals surface area contributed by atoms with E-state index in [1.807, 2.05) is 35.9 Å². The van der Waals surface area contributed by atoms with Crippen LogP contribution in [0.15, 0.2) is 24.3 Å². The molecule has 4 nitrogen and oxygen atoms in total. The summed E-state index contributed by atoms with van der Waals surface area (Å²) in [6.45, 7) is 4.83. The molecule has 19 heavy (non-hydrogen) atoms. The molecule has 0 aliphatic heterocycles. The van der Waals surface area contributed by atoms with Crippen LogP contribution in [-0.2, 0) is 7.05 Å². The molecule has 1 aromatic heterocycles. The third-order valence-electron chi connectivity index (χ3n) is 3.17. The number of ether oxygens (including phenoxy) is 1. The molecule has 2 aromatic rings. The molecule has 0 atom stereocenters. The number of amides is 1. The summed E-state index contributed by atoms with van der Waals surface area (Å²) in [6, 6.07) is 7.69. The van der Waals surface area contributed by atoms with E-state index >= 15 is 0 Å². The van der Waals surface area contributed by atoms with Gasteiger partial charge < -0.3 is 14.6 Å². The van der Waals surface area contributed by atoms with Gasteiger partial charge in [0.1, 0.15) is 11.4 Å². The number of hydrogen-bond donors (Lipinski definition) is 1. The number of fused-ring (bicyclic) bond motifs is 1. The SMILES string of the molecule is COc1cccc2c1cc(C(=O)NCC(C)C)n2C. The topological polar surface area (TPSA) is 43.3 Å². The van der Waals surface area contributed by atoms with Crippen molar-refractivity contribution in [1.82, 2.24) is 9.88 Å². The van der Waals surface area contributed by atoms with Crippen LogP contribution >= 0.6 is 0 Å². The highest BCUT2D eigenvalue weighted by Gasteiger charge is 2.15. The molecule has 0 radical (unpaired) electrons. The molecule has 1 heterocycles. The summed E-state index contributed by atoms with van der Waals surface area (Å²) < 4.78 is 7.23. The van der Waals surface area contributed by atoms with Gasteiger partial charge in [0, 0.05) is 19.0 Å². The summed E-state index contributed by atoms with van der Waals surface area (Å²) in [5, 5.41) is 3.90. The van der Waals surface area contributed by atoms with E-state index in [0.717, 1.165) is 16.7 Å². The van der Waals surface area contributed by atoms with Crippen molar-refractivity contribution >= 4 is 16.8 Å². The molecule has 0 saturated heterocycles. The number of carbonyl (C=O) groups is 1. The Morgan fingerprint density at radius 2 is 2.16 bits per heavy atom. The lowest BCUT2D eigenvalue weighted by molar-refractivity contribution is 0.0941. The number of benzene rings is 1. The predicted molar refractivity (Wildman–Crippen MR) is 76.6 cm³/mol. The van der Waals surface area contributed by atoms with Gasteiger partial charge in [0.25, 0.3) is 5.91 Å². The monoisotopic (exact) mass is 260 g/mol. The maximum absolute atomic E-state index is 12.2. The quantitative estimate of drug-likeness (QED) is 0.918. The van der Waals surface area contributed by atoms with Gasteiger partial charge in [0.05, 0.1) is 12.6 Å². The van der Waals surface area contributed by atoms with Gasteiger partial charge in [-0.05, 0) is 24.1 Å². The van der Waals surface area contributed by atoms with Gasteiger partial charge in [-0.15, -0.1) is 0 Å². The Labute approximate surface area is 113 Å². The third-order valence-corrected chi connectivity index (χ3v) is 3.17. The first-order valence-electron chi connectivity index (χ1n) is 6.45. The van der Waals surface area contributed by atoms with Crippen LogP contribution < -0.4 is 10.1 Å². The van der Waals surface area contributed by atoms with E-state index in [1.165, 1.54) is 0 Å². The zero-order valence-corrected chi connectivity index (χ0v) is 11.9. The maximum Gasteiger partial charge on any atom is 0.267 e. The highest BCUT2D eigenvalue weighted by Crippen LogP contribution is 2.27. The van der Waals surface area contributed by atoms with Crippen LogP contribution in [0.25, 0.3) is 10.9 Å². The number of methoxy groups -OCH3 is 1. The number of rotatable bonds is 4. The molecule has 0 aliphatic rings. The largest absolute Gasteiger partial charge is 0.496 e. The zero-order chi connectivity index (χ0) is 14.0. The Balaban J connectivity index is 2.39. The fourth-order valence-corrected chi connectivity index (χ4v) is 2.12. The summed E-state index contributed by atoms with van der Waals surface area (Å²) in [7, 11) is 3.53. The van der Waals surface area contributed by atoms with Gasteiger partial charge in [0.2, 0.25) is 0 Å². The lowest BCUT2D eigenvalue weighted by atomic mass is 10.2. The van der Waals surface area contributed by atoms with Gasteiger partial charge in [-0.3, -0.25) is 4.79 Å².